The van der Waals surface area contributed by atoms with Crippen molar-refractivity contribution in [1.29, 1.82) is 0 Å². The average molecular weight is 506 g/mol. The molecule has 11 heteroatoms. The number of methoxy groups -OCH3 is 1. The lowest BCUT2D eigenvalue weighted by molar-refractivity contribution is -0.121. The van der Waals surface area contributed by atoms with E-state index in [4.69, 9.17) is 14.2 Å². The van der Waals surface area contributed by atoms with Crippen molar-refractivity contribution in [3.05, 3.63) is 52.6 Å². The number of pyridine rings is 3. The Morgan fingerprint density at radius 2 is 2.05 bits per heavy atom. The summed E-state index contributed by atoms with van der Waals surface area (Å²) in [6, 6.07) is 8.59. The van der Waals surface area contributed by atoms with Gasteiger partial charge in [-0.2, -0.15) is 0 Å². The van der Waals surface area contributed by atoms with Crippen molar-refractivity contribution < 1.29 is 23.8 Å². The summed E-state index contributed by atoms with van der Waals surface area (Å²) in [5, 5.41) is 3.53. The minimum atomic E-state index is -0.421. The summed E-state index contributed by atoms with van der Waals surface area (Å²) >= 11 is 0. The number of hydrogen-bond donors (Lipinski definition) is 1. The SMILES string of the molecule is COc1cnc2ccc(=O)n(CCN[C@@H]3CC[C@@H]4[C@@H](C3)OC(=O)N4c3ccc4c(n3)CC(=O)CO4)c2c1. The van der Waals surface area contributed by atoms with Gasteiger partial charge >= 0.3 is 6.09 Å². The first kappa shape index (κ1) is 23.4. The molecule has 0 radical (unpaired) electrons. The number of ether oxygens (including phenoxy) is 3. The third-order valence-electron chi connectivity index (χ3n) is 7.27. The molecular weight excluding hydrogens is 478 g/mol. The van der Waals surface area contributed by atoms with Crippen LogP contribution in [0.3, 0.4) is 0 Å². The molecule has 0 bridgehead atoms. The Labute approximate surface area is 212 Å². The Kier molecular flexibility index (Phi) is 5.99. The first-order valence-corrected chi connectivity index (χ1v) is 12.4. The highest BCUT2D eigenvalue weighted by Gasteiger charge is 2.46. The Hall–Kier alpha value is -3.99. The molecule has 0 spiro atoms. The van der Waals surface area contributed by atoms with Crippen LogP contribution in [0.15, 0.2) is 41.3 Å². The van der Waals surface area contributed by atoms with E-state index >= 15 is 0 Å². The summed E-state index contributed by atoms with van der Waals surface area (Å²) in [5.41, 5.74) is 1.91. The number of ketones is 1. The van der Waals surface area contributed by atoms with Gasteiger partial charge in [-0.3, -0.25) is 19.5 Å². The zero-order valence-corrected chi connectivity index (χ0v) is 20.4. The fourth-order valence-corrected chi connectivity index (χ4v) is 5.44. The quantitative estimate of drug-likeness (QED) is 0.534. The van der Waals surface area contributed by atoms with E-state index in [1.165, 1.54) is 6.07 Å². The van der Waals surface area contributed by atoms with Gasteiger partial charge in [0, 0.05) is 37.7 Å². The number of nitrogens with one attached hydrogen (secondary N) is 1. The number of amides is 1. The highest BCUT2D eigenvalue weighted by atomic mass is 16.6. The van der Waals surface area contributed by atoms with Crippen molar-refractivity contribution >= 4 is 28.7 Å². The Bertz CT molecular complexity index is 1440. The second-order valence-corrected chi connectivity index (χ2v) is 9.54. The van der Waals surface area contributed by atoms with Crippen LogP contribution in [0.2, 0.25) is 0 Å². The molecule has 1 amide bonds. The highest BCUT2D eigenvalue weighted by Crippen LogP contribution is 2.36. The molecule has 3 aliphatic rings. The number of carbonyl (C=O) groups is 2. The smallest absolute Gasteiger partial charge is 0.416 e. The van der Waals surface area contributed by atoms with Crippen LogP contribution < -0.4 is 25.2 Å². The molecule has 0 aromatic carbocycles. The standard InChI is InChI=1S/C26H27N5O6/c1-35-17-12-21-18(28-13-17)3-7-25(33)30(21)9-8-27-15-2-4-20-23(10-15)37-26(34)31(20)24-6-5-22-19(29-24)11-16(32)14-36-22/h3,5-7,12-13,15,20,23,27H,2,4,8-11,14H2,1H3/t15-,20-,23-/m1/s1. The lowest BCUT2D eigenvalue weighted by Gasteiger charge is -2.33. The molecule has 37 heavy (non-hydrogen) atoms. The molecule has 11 nitrogen and oxygen atoms in total. The van der Waals surface area contributed by atoms with Crippen molar-refractivity contribution in [2.24, 2.45) is 0 Å². The van der Waals surface area contributed by atoms with Gasteiger partial charge < -0.3 is 24.1 Å². The van der Waals surface area contributed by atoms with Crippen molar-refractivity contribution in [2.75, 3.05) is 25.2 Å². The maximum absolute atomic E-state index is 12.8. The molecule has 3 aromatic rings. The van der Waals surface area contributed by atoms with Gasteiger partial charge in [0.25, 0.3) is 5.56 Å². The average Bonchev–Trinajstić information content (AvgIpc) is 3.24. The molecule has 2 aliphatic heterocycles. The Balaban J connectivity index is 1.11. The van der Waals surface area contributed by atoms with Crippen molar-refractivity contribution in [3.8, 4) is 11.5 Å². The second-order valence-electron chi connectivity index (χ2n) is 9.54. The van der Waals surface area contributed by atoms with E-state index in [1.54, 1.807) is 41.0 Å². The van der Waals surface area contributed by atoms with E-state index < -0.39 is 6.09 Å². The Morgan fingerprint density at radius 1 is 1.16 bits per heavy atom. The summed E-state index contributed by atoms with van der Waals surface area (Å²) in [4.78, 5) is 47.6. The molecular formula is C26H27N5O6. The summed E-state index contributed by atoms with van der Waals surface area (Å²) in [7, 11) is 1.57. The molecule has 3 aromatic heterocycles. The zero-order valence-electron chi connectivity index (χ0n) is 20.4. The number of Topliss-reactive ketones (excluding diaryl/α,β-unsaturated/α-hetero) is 1. The molecule has 0 unspecified atom stereocenters. The number of hydrogen-bond acceptors (Lipinski definition) is 9. The molecule has 1 N–H and O–H groups in total. The molecule has 192 valence electrons. The largest absolute Gasteiger partial charge is 0.495 e. The molecule has 5 heterocycles. The van der Waals surface area contributed by atoms with Gasteiger partial charge in [0.1, 0.15) is 30.0 Å². The minimum Gasteiger partial charge on any atom is -0.495 e. The van der Waals surface area contributed by atoms with E-state index in [2.05, 4.69) is 15.3 Å². The summed E-state index contributed by atoms with van der Waals surface area (Å²) in [6.45, 7) is 1.11. The summed E-state index contributed by atoms with van der Waals surface area (Å²) in [6.07, 6.45) is 3.41. The topological polar surface area (TPSA) is 125 Å². The predicted octanol–water partition coefficient (Wildman–Crippen LogP) is 1.84. The van der Waals surface area contributed by atoms with Gasteiger partial charge in [0.05, 0.1) is 42.5 Å². The van der Waals surface area contributed by atoms with E-state index in [1.807, 2.05) is 6.07 Å². The molecule has 2 fully saturated rings. The third kappa shape index (κ3) is 4.39. The zero-order chi connectivity index (χ0) is 25.5. The molecule has 6 rings (SSSR count). The monoisotopic (exact) mass is 505 g/mol. The molecule has 1 aliphatic carbocycles. The van der Waals surface area contributed by atoms with E-state index in [0.29, 0.717) is 42.5 Å². The second kappa shape index (κ2) is 9.47. The maximum Gasteiger partial charge on any atom is 0.416 e. The van der Waals surface area contributed by atoms with Crippen LogP contribution in [0.1, 0.15) is 25.0 Å². The number of aromatic nitrogens is 3. The van der Waals surface area contributed by atoms with Crippen LogP contribution in [-0.4, -0.2) is 64.9 Å². The fourth-order valence-electron chi connectivity index (χ4n) is 5.44. The number of carbonyl (C=O) groups excluding carboxylic acids is 2. The highest BCUT2D eigenvalue weighted by molar-refractivity contribution is 5.90. The predicted molar refractivity (Wildman–Crippen MR) is 133 cm³/mol. The van der Waals surface area contributed by atoms with E-state index in [0.717, 1.165) is 23.9 Å². The van der Waals surface area contributed by atoms with Crippen LogP contribution in [0.25, 0.3) is 11.0 Å². The lowest BCUT2D eigenvalue weighted by atomic mass is 9.88. The van der Waals surface area contributed by atoms with Crippen LogP contribution in [0.5, 0.6) is 11.5 Å². The first-order valence-electron chi connectivity index (χ1n) is 12.4. The van der Waals surface area contributed by atoms with Gasteiger partial charge in [-0.25, -0.2) is 9.78 Å². The van der Waals surface area contributed by atoms with Gasteiger partial charge in [-0.15, -0.1) is 0 Å². The van der Waals surface area contributed by atoms with Crippen molar-refractivity contribution in [2.45, 2.75) is 50.4 Å². The minimum absolute atomic E-state index is 0.0354. The number of rotatable bonds is 6. The third-order valence-corrected chi connectivity index (χ3v) is 7.27. The lowest BCUT2D eigenvalue weighted by Crippen LogP contribution is -2.46. The fraction of sp³-hybridized carbons (Fsp3) is 0.423. The van der Waals surface area contributed by atoms with Gasteiger partial charge in [-0.1, -0.05) is 0 Å². The van der Waals surface area contributed by atoms with Gasteiger partial charge in [0.2, 0.25) is 0 Å². The van der Waals surface area contributed by atoms with Gasteiger partial charge in [-0.05, 0) is 31.0 Å². The number of anilines is 1. The van der Waals surface area contributed by atoms with Crippen LogP contribution in [0.4, 0.5) is 10.6 Å². The van der Waals surface area contributed by atoms with Crippen LogP contribution in [0, 0.1) is 0 Å². The van der Waals surface area contributed by atoms with E-state index in [9.17, 15) is 14.4 Å². The molecule has 1 saturated carbocycles. The summed E-state index contributed by atoms with van der Waals surface area (Å²) < 4.78 is 18.1. The first-order chi connectivity index (χ1) is 18.0. The normalized spacial score (nSPS) is 22.8. The maximum atomic E-state index is 12.8. The van der Waals surface area contributed by atoms with E-state index in [-0.39, 0.29) is 42.6 Å². The van der Waals surface area contributed by atoms with Crippen LogP contribution >= 0.6 is 0 Å². The van der Waals surface area contributed by atoms with Crippen molar-refractivity contribution in [1.82, 2.24) is 19.9 Å². The number of fused-ring (bicyclic) bond motifs is 3. The van der Waals surface area contributed by atoms with Gasteiger partial charge in [0.15, 0.2) is 5.78 Å². The summed E-state index contributed by atoms with van der Waals surface area (Å²) in [5.74, 6) is 1.63. The van der Waals surface area contributed by atoms with Crippen LogP contribution in [-0.2, 0) is 22.5 Å². The Morgan fingerprint density at radius 3 is 2.92 bits per heavy atom. The number of nitrogens with zero attached hydrogens (tertiary/aromatic N) is 4. The molecule has 3 atom stereocenters. The van der Waals surface area contributed by atoms with Crippen molar-refractivity contribution in [3.63, 3.8) is 0 Å². The molecule has 1 saturated heterocycles.